The molecule has 0 saturated carbocycles. The third-order valence-electron chi connectivity index (χ3n) is 2.50. The third-order valence-corrected chi connectivity index (χ3v) is 3.84. The fraction of sp³-hybridized carbons (Fsp3) is 0.364. The van der Waals surface area contributed by atoms with Gasteiger partial charge in [0.05, 0.1) is 6.10 Å². The molecule has 0 aromatic heterocycles. The molecule has 0 aliphatic carbocycles. The van der Waals surface area contributed by atoms with Crippen molar-refractivity contribution in [3.63, 3.8) is 0 Å². The van der Waals surface area contributed by atoms with Crippen LogP contribution in [0.1, 0.15) is 17.3 Å². The van der Waals surface area contributed by atoms with Gasteiger partial charge in [0.15, 0.2) is 5.82 Å². The molecule has 0 fully saturated rings. The Hall–Kier alpha value is -1.25. The van der Waals surface area contributed by atoms with Crippen LogP contribution in [0.2, 0.25) is 0 Å². The van der Waals surface area contributed by atoms with Gasteiger partial charge in [-0.05, 0) is 19.1 Å². The predicted molar refractivity (Wildman–Crippen MR) is 68.2 cm³/mol. The van der Waals surface area contributed by atoms with Crippen LogP contribution in [0.15, 0.2) is 17.0 Å². The Kier molecular flexibility index (Phi) is 5.43. The summed E-state index contributed by atoms with van der Waals surface area (Å²) in [6, 6.07) is 1.31. The first-order chi connectivity index (χ1) is 9.18. The van der Waals surface area contributed by atoms with Crippen LogP contribution in [0, 0.1) is 11.6 Å². The zero-order valence-electron chi connectivity index (χ0n) is 10.6. The number of hydrogen-bond acceptors (Lipinski definition) is 4. The van der Waals surface area contributed by atoms with Crippen LogP contribution in [-0.4, -0.2) is 34.1 Å². The van der Waals surface area contributed by atoms with Crippen molar-refractivity contribution in [2.24, 2.45) is 0 Å². The Morgan fingerprint density at radius 3 is 2.55 bits per heavy atom. The van der Waals surface area contributed by atoms with Gasteiger partial charge in [-0.1, -0.05) is 0 Å². The second-order valence-corrected chi connectivity index (χ2v) is 6.46. The lowest BCUT2D eigenvalue weighted by molar-refractivity contribution is 0.0862. The number of amides is 1. The molecule has 0 aliphatic rings. The minimum Gasteiger partial charge on any atom is -0.380 e. The van der Waals surface area contributed by atoms with E-state index in [1.807, 2.05) is 0 Å². The Morgan fingerprint density at radius 1 is 1.45 bits per heavy atom. The van der Waals surface area contributed by atoms with Gasteiger partial charge >= 0.3 is 0 Å². The van der Waals surface area contributed by atoms with Gasteiger partial charge in [0.2, 0.25) is 0 Å². The lowest BCUT2D eigenvalue weighted by Crippen LogP contribution is -2.33. The van der Waals surface area contributed by atoms with Crippen molar-refractivity contribution in [3.8, 4) is 0 Å². The zero-order chi connectivity index (χ0) is 15.5. The van der Waals surface area contributed by atoms with E-state index in [0.29, 0.717) is 12.1 Å². The van der Waals surface area contributed by atoms with Crippen LogP contribution < -0.4 is 5.32 Å². The molecular formula is C11H12ClF2NO4S. The number of nitrogens with one attached hydrogen (secondary N) is 1. The van der Waals surface area contributed by atoms with Gasteiger partial charge in [-0.2, -0.15) is 0 Å². The average molecular weight is 328 g/mol. The fourth-order valence-electron chi connectivity index (χ4n) is 1.34. The van der Waals surface area contributed by atoms with Crippen molar-refractivity contribution in [1.29, 1.82) is 0 Å². The Bertz CT molecular complexity index is 621. The van der Waals surface area contributed by atoms with Gasteiger partial charge in [-0.15, -0.1) is 0 Å². The van der Waals surface area contributed by atoms with Gasteiger partial charge in [-0.25, -0.2) is 17.2 Å². The quantitative estimate of drug-likeness (QED) is 0.835. The highest BCUT2D eigenvalue weighted by Gasteiger charge is 2.26. The van der Waals surface area contributed by atoms with Crippen molar-refractivity contribution in [1.82, 2.24) is 5.32 Å². The topological polar surface area (TPSA) is 72.5 Å². The highest BCUT2D eigenvalue weighted by molar-refractivity contribution is 8.13. The van der Waals surface area contributed by atoms with E-state index in [9.17, 15) is 22.0 Å². The number of halogens is 3. The summed E-state index contributed by atoms with van der Waals surface area (Å²) in [6.07, 6.45) is -0.370. The summed E-state index contributed by atoms with van der Waals surface area (Å²) in [7, 11) is 1.99. The van der Waals surface area contributed by atoms with Crippen molar-refractivity contribution in [2.75, 3.05) is 13.7 Å². The largest absolute Gasteiger partial charge is 0.380 e. The number of benzene rings is 1. The molecule has 0 aliphatic heterocycles. The summed E-state index contributed by atoms with van der Waals surface area (Å²) in [5.74, 6) is -3.80. The Morgan fingerprint density at radius 2 is 2.05 bits per heavy atom. The monoisotopic (exact) mass is 327 g/mol. The van der Waals surface area contributed by atoms with Gasteiger partial charge in [0.25, 0.3) is 15.0 Å². The van der Waals surface area contributed by atoms with Crippen molar-refractivity contribution in [3.05, 3.63) is 29.3 Å². The molecule has 5 nitrogen and oxygen atoms in total. The van der Waals surface area contributed by atoms with E-state index in [4.69, 9.17) is 15.4 Å². The smallest absolute Gasteiger partial charge is 0.264 e. The molecule has 1 N–H and O–H groups in total. The molecule has 112 valence electrons. The van der Waals surface area contributed by atoms with E-state index in [1.54, 1.807) is 6.92 Å². The first-order valence-corrected chi connectivity index (χ1v) is 7.73. The van der Waals surface area contributed by atoms with E-state index < -0.39 is 37.1 Å². The summed E-state index contributed by atoms with van der Waals surface area (Å²) in [5.41, 5.74) is -1.00. The second-order valence-electron chi connectivity index (χ2n) is 3.93. The number of rotatable bonds is 5. The second kappa shape index (κ2) is 6.47. The van der Waals surface area contributed by atoms with E-state index in [1.165, 1.54) is 7.11 Å². The van der Waals surface area contributed by atoms with Crippen LogP contribution in [0.3, 0.4) is 0 Å². The molecule has 0 saturated heterocycles. The molecule has 1 rings (SSSR count). The number of ether oxygens (including phenoxy) is 1. The number of carbonyl (C=O) groups excluding carboxylic acids is 1. The minimum absolute atomic E-state index is 0.00602. The summed E-state index contributed by atoms with van der Waals surface area (Å²) >= 11 is 0. The molecule has 1 unspecified atom stereocenters. The summed E-state index contributed by atoms with van der Waals surface area (Å²) in [4.78, 5) is 10.7. The van der Waals surface area contributed by atoms with Crippen LogP contribution in [0.25, 0.3) is 0 Å². The summed E-state index contributed by atoms with van der Waals surface area (Å²) in [6.45, 7) is 1.64. The molecule has 9 heteroatoms. The molecule has 0 spiro atoms. The highest BCUT2D eigenvalue weighted by Crippen LogP contribution is 2.23. The lowest BCUT2D eigenvalue weighted by atomic mass is 10.2. The normalized spacial score (nSPS) is 13.1. The van der Waals surface area contributed by atoms with E-state index >= 15 is 0 Å². The predicted octanol–water partition coefficient (Wildman–Crippen LogP) is 1.66. The maximum absolute atomic E-state index is 13.9. The highest BCUT2D eigenvalue weighted by atomic mass is 35.7. The molecule has 1 aromatic carbocycles. The van der Waals surface area contributed by atoms with Crippen molar-refractivity contribution < 1.29 is 26.7 Å². The van der Waals surface area contributed by atoms with Gasteiger partial charge in [0.1, 0.15) is 16.3 Å². The maximum atomic E-state index is 13.9. The minimum atomic E-state index is -4.42. The molecule has 20 heavy (non-hydrogen) atoms. The SMILES string of the molecule is COC(C)CNC(=O)c1c(F)ccc(S(=O)(=O)Cl)c1F. The van der Waals surface area contributed by atoms with Crippen molar-refractivity contribution in [2.45, 2.75) is 17.9 Å². The number of carbonyl (C=O) groups is 1. The van der Waals surface area contributed by atoms with Gasteiger partial charge in [-0.3, -0.25) is 4.79 Å². The molecule has 1 amide bonds. The molecule has 0 radical (unpaired) electrons. The molecule has 1 atom stereocenters. The van der Waals surface area contributed by atoms with Crippen molar-refractivity contribution >= 4 is 25.6 Å². The van der Waals surface area contributed by atoms with E-state index in [2.05, 4.69) is 5.32 Å². The van der Waals surface area contributed by atoms with Crippen LogP contribution in [-0.2, 0) is 13.8 Å². The fourth-order valence-corrected chi connectivity index (χ4v) is 2.24. The van der Waals surface area contributed by atoms with Crippen LogP contribution in [0.5, 0.6) is 0 Å². The van der Waals surface area contributed by atoms with E-state index in [0.717, 1.165) is 0 Å². The first-order valence-electron chi connectivity index (χ1n) is 5.42. The van der Waals surface area contributed by atoms with Crippen LogP contribution >= 0.6 is 10.7 Å². The average Bonchev–Trinajstić information content (AvgIpc) is 2.34. The zero-order valence-corrected chi connectivity index (χ0v) is 12.2. The Balaban J connectivity index is 3.15. The van der Waals surface area contributed by atoms with E-state index in [-0.39, 0.29) is 12.6 Å². The number of methoxy groups -OCH3 is 1. The summed E-state index contributed by atoms with van der Waals surface area (Å²) in [5, 5.41) is 2.23. The first kappa shape index (κ1) is 16.8. The third kappa shape index (κ3) is 3.87. The maximum Gasteiger partial charge on any atom is 0.264 e. The Labute approximate surface area is 119 Å². The number of hydrogen-bond donors (Lipinski definition) is 1. The molecule has 1 aromatic rings. The van der Waals surface area contributed by atoms with Gasteiger partial charge < -0.3 is 10.1 Å². The molecular weight excluding hydrogens is 316 g/mol. The van der Waals surface area contributed by atoms with Crippen LogP contribution in [0.4, 0.5) is 8.78 Å². The van der Waals surface area contributed by atoms with Gasteiger partial charge in [0, 0.05) is 24.3 Å². The summed E-state index contributed by atoms with van der Waals surface area (Å²) < 4.78 is 54.5. The lowest BCUT2D eigenvalue weighted by Gasteiger charge is -2.12. The molecule has 0 heterocycles. The standard InChI is InChI=1S/C11H12ClF2NO4S/c1-6(19-2)5-15-11(16)9-7(13)3-4-8(10(9)14)20(12,17)18/h3-4,6H,5H2,1-2H3,(H,15,16). The molecule has 0 bridgehead atoms.